The van der Waals surface area contributed by atoms with Crippen LogP contribution in [0.4, 0.5) is 4.70 Å². The third-order valence-corrected chi connectivity index (χ3v) is 1.33. The van der Waals surface area contributed by atoms with E-state index in [0.29, 0.717) is 12.1 Å². The Morgan fingerprint density at radius 1 is 1.57 bits per heavy atom. The minimum Gasteiger partial charge on any atom is -0.460 e. The van der Waals surface area contributed by atoms with E-state index >= 15 is 0 Å². The Labute approximate surface area is 83.5 Å². The van der Waals surface area contributed by atoms with Gasteiger partial charge in [0.1, 0.15) is 12.7 Å². The van der Waals surface area contributed by atoms with Gasteiger partial charge >= 0.3 is 5.97 Å². The van der Waals surface area contributed by atoms with Crippen LogP contribution in [0.15, 0.2) is 12.2 Å². The highest BCUT2D eigenvalue weighted by Gasteiger charge is 2.09. The molecule has 0 aliphatic rings. The van der Waals surface area contributed by atoms with Gasteiger partial charge in [0.15, 0.2) is 0 Å². The molecule has 1 unspecified atom stereocenters. The number of nitrogens with zero attached hydrogens (tertiary/aromatic N) is 1. The zero-order chi connectivity index (χ0) is 10.4. The number of likely N-dealkylation sites (N-methyl/N-ethyl adjacent to an activating group) is 1. The molecular weight excluding hydrogens is 189 g/mol. The van der Waals surface area contributed by atoms with Crippen molar-refractivity contribution < 1.29 is 19.3 Å². The maximum atomic E-state index is 10.9. The van der Waals surface area contributed by atoms with Crippen molar-refractivity contribution in [3.05, 3.63) is 12.2 Å². The van der Waals surface area contributed by atoms with E-state index in [1.54, 1.807) is 6.92 Å². The maximum Gasteiger partial charge on any atom is 0.333 e. The molecule has 0 spiro atoms. The molecule has 0 rings (SSSR count). The van der Waals surface area contributed by atoms with Crippen molar-refractivity contribution in [1.82, 2.24) is 4.90 Å². The van der Waals surface area contributed by atoms with Gasteiger partial charge in [-0.1, -0.05) is 6.58 Å². The van der Waals surface area contributed by atoms with Crippen LogP contribution in [0, 0.1) is 0 Å². The van der Waals surface area contributed by atoms with Crippen LogP contribution in [-0.2, 0) is 9.53 Å². The number of hydrogen-bond donors (Lipinski definition) is 1. The molecule has 0 aromatic heterocycles. The minimum absolute atomic E-state index is 0. The molecule has 0 saturated carbocycles. The summed E-state index contributed by atoms with van der Waals surface area (Å²) in [6.45, 7) is 5.49. The molecule has 0 fully saturated rings. The van der Waals surface area contributed by atoms with E-state index in [-0.39, 0.29) is 11.3 Å². The van der Waals surface area contributed by atoms with Crippen molar-refractivity contribution in [2.24, 2.45) is 0 Å². The van der Waals surface area contributed by atoms with Crippen molar-refractivity contribution in [2.45, 2.75) is 13.0 Å². The summed E-state index contributed by atoms with van der Waals surface area (Å²) in [4.78, 5) is 12.7. The molecule has 1 N–H and O–H groups in total. The maximum absolute atomic E-state index is 10.9. The summed E-state index contributed by atoms with van der Waals surface area (Å²) < 4.78 is 4.75. The number of ether oxygens (including phenoxy) is 1. The third-order valence-electron chi connectivity index (χ3n) is 1.33. The third kappa shape index (κ3) is 7.70. The van der Waals surface area contributed by atoms with Crippen LogP contribution in [0.1, 0.15) is 6.92 Å². The fraction of sp³-hybridized carbons (Fsp3) is 0.667. The summed E-state index contributed by atoms with van der Waals surface area (Å²) in [5, 5.41) is 9.30. The van der Waals surface area contributed by atoms with Crippen LogP contribution in [0.3, 0.4) is 0 Å². The van der Waals surface area contributed by atoms with Crippen LogP contribution in [0.2, 0.25) is 0 Å². The zero-order valence-electron chi connectivity index (χ0n) is 8.82. The van der Waals surface area contributed by atoms with Gasteiger partial charge in [-0.05, 0) is 21.0 Å². The highest BCUT2D eigenvalue weighted by atomic mass is 19.0. The normalized spacial score (nSPS) is 11.8. The van der Waals surface area contributed by atoms with Gasteiger partial charge in [-0.3, -0.25) is 4.70 Å². The van der Waals surface area contributed by atoms with Crippen LogP contribution < -0.4 is 0 Å². The molecule has 0 amide bonds. The molecule has 0 bridgehead atoms. The lowest BCUT2D eigenvalue weighted by Gasteiger charge is -2.15. The van der Waals surface area contributed by atoms with E-state index in [4.69, 9.17) is 4.74 Å². The van der Waals surface area contributed by atoms with Gasteiger partial charge < -0.3 is 14.7 Å². The van der Waals surface area contributed by atoms with Gasteiger partial charge in [0, 0.05) is 12.1 Å². The molecule has 0 aliphatic heterocycles. The Kier molecular flexibility index (Phi) is 8.28. The van der Waals surface area contributed by atoms with Gasteiger partial charge in [-0.15, -0.1) is 0 Å². The molecule has 1 atom stereocenters. The molecule has 0 saturated heterocycles. The van der Waals surface area contributed by atoms with E-state index in [2.05, 4.69) is 6.58 Å². The Morgan fingerprint density at radius 3 is 2.43 bits per heavy atom. The Hall–Kier alpha value is -0.940. The van der Waals surface area contributed by atoms with E-state index in [1.807, 2.05) is 19.0 Å². The summed E-state index contributed by atoms with van der Waals surface area (Å²) in [7, 11) is 3.67. The molecular formula is C9H18FNO3. The number of carbonyl (C=O) groups excluding carboxylic acids is 1. The number of carbonyl (C=O) groups is 1. The van der Waals surface area contributed by atoms with Crippen molar-refractivity contribution in [1.29, 1.82) is 0 Å². The summed E-state index contributed by atoms with van der Waals surface area (Å²) in [6, 6.07) is 0. The SMILES string of the molecule is C=C(C)C(=O)OCC(O)CN(C)C.F. The van der Waals surface area contributed by atoms with E-state index in [1.165, 1.54) is 0 Å². The largest absolute Gasteiger partial charge is 0.460 e. The summed E-state index contributed by atoms with van der Waals surface area (Å²) in [5.74, 6) is -0.460. The average molecular weight is 207 g/mol. The molecule has 0 aliphatic carbocycles. The van der Waals surface area contributed by atoms with Crippen molar-refractivity contribution >= 4 is 5.97 Å². The second kappa shape index (κ2) is 7.46. The quantitative estimate of drug-likeness (QED) is 0.516. The molecule has 0 aromatic rings. The lowest BCUT2D eigenvalue weighted by molar-refractivity contribution is -0.142. The number of aliphatic hydroxyl groups excluding tert-OH is 1. The molecule has 84 valence electrons. The first-order chi connectivity index (χ1) is 5.93. The summed E-state index contributed by atoms with van der Waals surface area (Å²) >= 11 is 0. The molecule has 5 heteroatoms. The summed E-state index contributed by atoms with van der Waals surface area (Å²) in [5.41, 5.74) is 0.344. The van der Waals surface area contributed by atoms with Crippen molar-refractivity contribution in [3.63, 3.8) is 0 Å². The molecule has 0 aromatic carbocycles. The Bertz CT molecular complexity index is 194. The second-order valence-electron chi connectivity index (χ2n) is 3.29. The first-order valence-corrected chi connectivity index (χ1v) is 4.09. The number of esters is 1. The number of aliphatic hydroxyl groups is 1. The van der Waals surface area contributed by atoms with E-state index < -0.39 is 12.1 Å². The molecule has 14 heavy (non-hydrogen) atoms. The Morgan fingerprint density at radius 2 is 2.07 bits per heavy atom. The van der Waals surface area contributed by atoms with Gasteiger partial charge in [0.25, 0.3) is 0 Å². The summed E-state index contributed by atoms with van der Waals surface area (Å²) in [6.07, 6.45) is -0.640. The van der Waals surface area contributed by atoms with Crippen molar-refractivity contribution in [2.75, 3.05) is 27.2 Å². The number of halogens is 1. The van der Waals surface area contributed by atoms with E-state index in [9.17, 15) is 9.90 Å². The smallest absolute Gasteiger partial charge is 0.333 e. The lowest BCUT2D eigenvalue weighted by Crippen LogP contribution is -2.30. The first-order valence-electron chi connectivity index (χ1n) is 4.09. The predicted molar refractivity (Wildman–Crippen MR) is 52.8 cm³/mol. The van der Waals surface area contributed by atoms with Crippen LogP contribution in [0.5, 0.6) is 0 Å². The van der Waals surface area contributed by atoms with E-state index in [0.717, 1.165) is 0 Å². The van der Waals surface area contributed by atoms with Crippen molar-refractivity contribution in [3.8, 4) is 0 Å². The first kappa shape index (κ1) is 15.5. The lowest BCUT2D eigenvalue weighted by atomic mass is 10.3. The second-order valence-corrected chi connectivity index (χ2v) is 3.29. The fourth-order valence-electron chi connectivity index (χ4n) is 0.769. The predicted octanol–water partition coefficient (Wildman–Crippen LogP) is 0.181. The molecule has 0 radical (unpaired) electrons. The average Bonchev–Trinajstić information content (AvgIpc) is 1.98. The Balaban J connectivity index is 0. The highest BCUT2D eigenvalue weighted by Crippen LogP contribution is 1.94. The standard InChI is InChI=1S/C9H17NO3.FH/c1-7(2)9(12)13-6-8(11)5-10(3)4;/h8,11H,1,5-6H2,2-4H3;1H. The van der Waals surface area contributed by atoms with Gasteiger partial charge in [0.2, 0.25) is 0 Å². The highest BCUT2D eigenvalue weighted by molar-refractivity contribution is 5.86. The molecule has 0 heterocycles. The fourth-order valence-corrected chi connectivity index (χ4v) is 0.769. The molecule has 4 nitrogen and oxygen atoms in total. The number of hydrogen-bond acceptors (Lipinski definition) is 4. The van der Waals surface area contributed by atoms with Gasteiger partial charge in [0.05, 0.1) is 0 Å². The van der Waals surface area contributed by atoms with Gasteiger partial charge in [-0.2, -0.15) is 0 Å². The van der Waals surface area contributed by atoms with Gasteiger partial charge in [-0.25, -0.2) is 4.79 Å². The monoisotopic (exact) mass is 207 g/mol. The van der Waals surface area contributed by atoms with Crippen LogP contribution in [-0.4, -0.2) is 49.3 Å². The van der Waals surface area contributed by atoms with Crippen LogP contribution >= 0.6 is 0 Å². The zero-order valence-corrected chi connectivity index (χ0v) is 8.82. The minimum atomic E-state index is -0.640. The number of rotatable bonds is 5. The van der Waals surface area contributed by atoms with Crippen LogP contribution in [0.25, 0.3) is 0 Å². The topological polar surface area (TPSA) is 49.8 Å².